The number of aliphatic hydroxyl groups excluding tert-OH is 1. The summed E-state index contributed by atoms with van der Waals surface area (Å²) in [6, 6.07) is 4.89. The van der Waals surface area contributed by atoms with Gasteiger partial charge in [0.05, 0.1) is 29.9 Å². The first-order valence-electron chi connectivity index (χ1n) is 10.4. The summed E-state index contributed by atoms with van der Waals surface area (Å²) in [7, 11) is -4.86. The molecular formula is C21H23F2N5O5S2. The summed E-state index contributed by atoms with van der Waals surface area (Å²) >= 11 is 1.07. The third-order valence-corrected chi connectivity index (χ3v) is 6.75. The van der Waals surface area contributed by atoms with Gasteiger partial charge in [0, 0.05) is 24.4 Å². The Bertz CT molecular complexity index is 1270. The minimum absolute atomic E-state index is 0.100. The Morgan fingerprint density at radius 3 is 2.71 bits per heavy atom. The molecule has 0 aliphatic carbocycles. The molecule has 3 rings (SSSR count). The molecular weight excluding hydrogens is 504 g/mol. The first-order valence-corrected chi connectivity index (χ1v) is 12.7. The Labute approximate surface area is 204 Å². The third-order valence-electron chi connectivity index (χ3n) is 4.74. The van der Waals surface area contributed by atoms with E-state index in [0.29, 0.717) is 28.6 Å². The zero-order valence-corrected chi connectivity index (χ0v) is 20.3. The predicted molar refractivity (Wildman–Crippen MR) is 126 cm³/mol. The monoisotopic (exact) mass is 527 g/mol. The second-order valence-electron chi connectivity index (χ2n) is 7.35. The number of nitrogens with one attached hydrogen (secondary N) is 2. The minimum atomic E-state index is -4.86. The number of benzene rings is 1. The van der Waals surface area contributed by atoms with E-state index >= 15 is 0 Å². The number of anilines is 1. The van der Waals surface area contributed by atoms with Crippen LogP contribution in [0, 0.1) is 5.92 Å². The van der Waals surface area contributed by atoms with Crippen molar-refractivity contribution in [3.05, 3.63) is 53.4 Å². The largest absolute Gasteiger partial charge is 0.477 e. The number of halogens is 2. The van der Waals surface area contributed by atoms with Gasteiger partial charge in [-0.3, -0.25) is 14.5 Å². The van der Waals surface area contributed by atoms with Crippen LogP contribution < -0.4 is 14.8 Å². The van der Waals surface area contributed by atoms with Crippen molar-refractivity contribution < 1.29 is 31.8 Å². The van der Waals surface area contributed by atoms with Crippen LogP contribution in [0.1, 0.15) is 35.3 Å². The quantitative estimate of drug-likeness (QED) is 0.345. The van der Waals surface area contributed by atoms with E-state index in [2.05, 4.69) is 20.3 Å². The molecule has 188 valence electrons. The van der Waals surface area contributed by atoms with Crippen molar-refractivity contribution in [2.45, 2.75) is 25.6 Å². The predicted octanol–water partition coefficient (Wildman–Crippen LogP) is 3.06. The summed E-state index contributed by atoms with van der Waals surface area (Å²) in [4.78, 5) is 26.1. The molecule has 3 N–H and O–H groups in total. The molecule has 3 aromatic rings. The lowest BCUT2D eigenvalue weighted by molar-refractivity contribution is 0.0908. The van der Waals surface area contributed by atoms with Crippen LogP contribution in [0.25, 0.3) is 10.6 Å². The number of sulfonamides is 1. The van der Waals surface area contributed by atoms with Gasteiger partial charge in [-0.2, -0.15) is 8.78 Å². The molecule has 0 aliphatic heterocycles. The molecule has 2 aromatic heterocycles. The lowest BCUT2D eigenvalue weighted by atomic mass is 9.94. The van der Waals surface area contributed by atoms with Gasteiger partial charge in [0.25, 0.3) is 15.9 Å². The summed E-state index contributed by atoms with van der Waals surface area (Å²) in [5, 5.41) is 12.6. The molecule has 2 heterocycles. The number of aromatic nitrogens is 3. The fourth-order valence-electron chi connectivity index (χ4n) is 3.05. The Kier molecular flexibility index (Phi) is 8.64. The topological polar surface area (TPSA) is 143 Å². The molecule has 0 fully saturated rings. The third kappa shape index (κ3) is 6.68. The number of rotatable bonds is 11. The molecule has 10 nitrogen and oxygen atoms in total. The average molecular weight is 528 g/mol. The normalized spacial score (nSPS) is 13.3. The Hall–Kier alpha value is -3.23. The number of ether oxygens (including phenoxy) is 1. The fourth-order valence-corrected chi connectivity index (χ4v) is 4.37. The SMILES string of the molecule is CCOc1cncc(-c2cnc(C(=O)N[C@H](c3cccc(NS(=O)(=O)C(F)F)c3)[C@@H](C)CO)s2)n1. The smallest absolute Gasteiger partial charge is 0.355 e. The van der Waals surface area contributed by atoms with Gasteiger partial charge in [0.15, 0.2) is 5.01 Å². The molecule has 14 heteroatoms. The Morgan fingerprint density at radius 1 is 1.26 bits per heavy atom. The Morgan fingerprint density at radius 2 is 2.03 bits per heavy atom. The number of thiazole rings is 1. The van der Waals surface area contributed by atoms with Gasteiger partial charge in [-0.25, -0.2) is 18.4 Å². The van der Waals surface area contributed by atoms with Crippen molar-refractivity contribution in [1.82, 2.24) is 20.3 Å². The number of amides is 1. The van der Waals surface area contributed by atoms with Crippen LogP contribution in [0.2, 0.25) is 0 Å². The van der Waals surface area contributed by atoms with Gasteiger partial charge in [-0.1, -0.05) is 19.1 Å². The van der Waals surface area contributed by atoms with Crippen LogP contribution in [0.5, 0.6) is 5.88 Å². The summed E-state index contributed by atoms with van der Waals surface area (Å²) < 4.78 is 55.6. The highest BCUT2D eigenvalue weighted by atomic mass is 32.2. The summed E-state index contributed by atoms with van der Waals surface area (Å²) in [6.45, 7) is 3.60. The van der Waals surface area contributed by atoms with E-state index in [4.69, 9.17) is 4.74 Å². The summed E-state index contributed by atoms with van der Waals surface area (Å²) in [6.07, 6.45) is 4.46. The van der Waals surface area contributed by atoms with E-state index in [1.807, 2.05) is 6.92 Å². The maximum Gasteiger partial charge on any atom is 0.355 e. The highest BCUT2D eigenvalue weighted by Crippen LogP contribution is 2.28. The van der Waals surface area contributed by atoms with E-state index in [1.54, 1.807) is 17.7 Å². The zero-order valence-electron chi connectivity index (χ0n) is 18.7. The number of aliphatic hydroxyl groups is 1. The molecule has 2 atom stereocenters. The standard InChI is InChI=1S/C21H23F2N5O5S2/c1-3-33-17-10-24-8-15(26-17)16-9-25-20(34-16)19(30)27-18(12(2)11-29)13-5-4-6-14(7-13)28-35(31,32)21(22)23/h4-10,12,18,21,28-29H,3,11H2,1-2H3,(H,27,30)/t12-,18-/m0/s1. The number of carbonyl (C=O) groups is 1. The van der Waals surface area contributed by atoms with Crippen molar-refractivity contribution in [2.75, 3.05) is 17.9 Å². The first-order chi connectivity index (χ1) is 16.6. The van der Waals surface area contributed by atoms with E-state index in [1.165, 1.54) is 36.8 Å². The molecule has 0 bridgehead atoms. The van der Waals surface area contributed by atoms with Crippen LogP contribution >= 0.6 is 11.3 Å². The van der Waals surface area contributed by atoms with Crippen LogP contribution in [-0.4, -0.2) is 53.4 Å². The molecule has 0 radical (unpaired) electrons. The van der Waals surface area contributed by atoms with Gasteiger partial charge in [-0.05, 0) is 24.6 Å². The Balaban J connectivity index is 1.82. The second-order valence-corrected chi connectivity index (χ2v) is 10.0. The first kappa shape index (κ1) is 26.4. The van der Waals surface area contributed by atoms with Gasteiger partial charge in [0.1, 0.15) is 5.69 Å². The second kappa shape index (κ2) is 11.5. The van der Waals surface area contributed by atoms with E-state index in [9.17, 15) is 27.1 Å². The highest BCUT2D eigenvalue weighted by Gasteiger charge is 2.26. The molecule has 1 aromatic carbocycles. The maximum atomic E-state index is 12.9. The van der Waals surface area contributed by atoms with Crippen molar-refractivity contribution in [3.63, 3.8) is 0 Å². The van der Waals surface area contributed by atoms with Gasteiger partial charge < -0.3 is 15.2 Å². The van der Waals surface area contributed by atoms with Crippen LogP contribution in [0.3, 0.4) is 0 Å². The van der Waals surface area contributed by atoms with Crippen LogP contribution in [-0.2, 0) is 10.0 Å². The van der Waals surface area contributed by atoms with Crippen LogP contribution in [0.4, 0.5) is 14.5 Å². The van der Waals surface area contributed by atoms with Gasteiger partial charge >= 0.3 is 5.76 Å². The zero-order chi connectivity index (χ0) is 25.6. The maximum absolute atomic E-state index is 12.9. The number of hydrogen-bond acceptors (Lipinski definition) is 9. The molecule has 0 saturated carbocycles. The average Bonchev–Trinajstić information content (AvgIpc) is 3.33. The minimum Gasteiger partial charge on any atom is -0.477 e. The van der Waals surface area contributed by atoms with Crippen molar-refractivity contribution in [3.8, 4) is 16.5 Å². The number of carbonyl (C=O) groups excluding carboxylic acids is 1. The summed E-state index contributed by atoms with van der Waals surface area (Å²) in [5.41, 5.74) is 0.782. The fraction of sp³-hybridized carbons (Fsp3) is 0.333. The molecule has 0 saturated heterocycles. The number of nitrogens with zero attached hydrogens (tertiary/aromatic N) is 3. The highest BCUT2D eigenvalue weighted by molar-refractivity contribution is 7.93. The van der Waals surface area contributed by atoms with Crippen LogP contribution in [0.15, 0.2) is 42.9 Å². The summed E-state index contributed by atoms with van der Waals surface area (Å²) in [5.74, 6) is -4.30. The van der Waals surface area contributed by atoms with E-state index < -0.39 is 33.6 Å². The van der Waals surface area contributed by atoms with Crippen molar-refractivity contribution in [1.29, 1.82) is 0 Å². The van der Waals surface area contributed by atoms with E-state index in [0.717, 1.165) is 11.3 Å². The molecule has 0 unspecified atom stereocenters. The molecule has 0 aliphatic rings. The number of hydrogen-bond donors (Lipinski definition) is 3. The molecule has 1 amide bonds. The lowest BCUT2D eigenvalue weighted by Gasteiger charge is -2.24. The molecule has 35 heavy (non-hydrogen) atoms. The molecule has 0 spiro atoms. The van der Waals surface area contributed by atoms with Gasteiger partial charge in [0.2, 0.25) is 5.88 Å². The lowest BCUT2D eigenvalue weighted by Crippen LogP contribution is -2.34. The van der Waals surface area contributed by atoms with Crippen molar-refractivity contribution >= 4 is 33.0 Å². The van der Waals surface area contributed by atoms with Gasteiger partial charge in [-0.15, -0.1) is 11.3 Å². The van der Waals surface area contributed by atoms with E-state index in [-0.39, 0.29) is 17.3 Å². The van der Waals surface area contributed by atoms with Crippen molar-refractivity contribution in [2.24, 2.45) is 5.92 Å². The number of alkyl halides is 2.